The highest BCUT2D eigenvalue weighted by Crippen LogP contribution is 2.15. The van der Waals surface area contributed by atoms with Crippen LogP contribution in [0, 0.1) is 0 Å². The Morgan fingerprint density at radius 1 is 1.00 bits per heavy atom. The quantitative estimate of drug-likeness (QED) is 0.897. The van der Waals surface area contributed by atoms with Crippen molar-refractivity contribution in [3.8, 4) is 0 Å². The molecule has 7 nitrogen and oxygen atoms in total. The number of aromatic carboxylic acids is 1. The van der Waals surface area contributed by atoms with Gasteiger partial charge in [0.15, 0.2) is 0 Å². The molecule has 21 heavy (non-hydrogen) atoms. The first-order chi connectivity index (χ1) is 10.2. The Kier molecular flexibility index (Phi) is 3.63. The molecule has 1 fully saturated rings. The molecule has 3 rings (SSSR count). The highest BCUT2D eigenvalue weighted by Gasteiger charge is 2.19. The number of pyridine rings is 1. The van der Waals surface area contributed by atoms with Gasteiger partial charge in [0.2, 0.25) is 5.95 Å². The smallest absolute Gasteiger partial charge is 0.338 e. The van der Waals surface area contributed by atoms with Crippen molar-refractivity contribution in [3.63, 3.8) is 0 Å². The van der Waals surface area contributed by atoms with Crippen molar-refractivity contribution in [2.75, 3.05) is 36.0 Å². The van der Waals surface area contributed by atoms with E-state index in [2.05, 4.69) is 19.9 Å². The molecule has 7 heteroatoms. The highest BCUT2D eigenvalue weighted by molar-refractivity contribution is 5.86. The van der Waals surface area contributed by atoms with E-state index in [9.17, 15) is 4.79 Å². The molecule has 3 heterocycles. The summed E-state index contributed by atoms with van der Waals surface area (Å²) in [5.74, 6) is 0.529. The molecule has 2 aromatic heterocycles. The lowest BCUT2D eigenvalue weighted by Gasteiger charge is -2.35. The van der Waals surface area contributed by atoms with Crippen LogP contribution in [-0.2, 0) is 0 Å². The molecule has 2 aromatic rings. The number of carboxylic acid groups (broad SMARTS) is 1. The minimum absolute atomic E-state index is 0.103. The SMILES string of the molecule is O=C(O)c1cnc(N2CCN(c3ccccn3)CC2)nc1. The van der Waals surface area contributed by atoms with Gasteiger partial charge in [-0.25, -0.2) is 19.7 Å². The van der Waals surface area contributed by atoms with E-state index in [4.69, 9.17) is 5.11 Å². The van der Waals surface area contributed by atoms with Gasteiger partial charge in [-0.1, -0.05) is 6.07 Å². The van der Waals surface area contributed by atoms with Crippen LogP contribution in [0.4, 0.5) is 11.8 Å². The molecule has 108 valence electrons. The molecule has 0 atom stereocenters. The average Bonchev–Trinajstić information content (AvgIpc) is 2.56. The van der Waals surface area contributed by atoms with Gasteiger partial charge in [0.25, 0.3) is 0 Å². The third-order valence-corrected chi connectivity index (χ3v) is 3.42. The summed E-state index contributed by atoms with van der Waals surface area (Å²) in [4.78, 5) is 27.6. The van der Waals surface area contributed by atoms with E-state index in [1.807, 2.05) is 23.1 Å². The van der Waals surface area contributed by atoms with Gasteiger partial charge < -0.3 is 14.9 Å². The maximum absolute atomic E-state index is 10.8. The number of nitrogens with zero attached hydrogens (tertiary/aromatic N) is 5. The van der Waals surface area contributed by atoms with Gasteiger partial charge in [0.1, 0.15) is 5.82 Å². The second kappa shape index (κ2) is 5.74. The maximum Gasteiger partial charge on any atom is 0.338 e. The van der Waals surface area contributed by atoms with E-state index in [1.54, 1.807) is 6.20 Å². The molecule has 0 aromatic carbocycles. The number of hydrogen-bond acceptors (Lipinski definition) is 6. The van der Waals surface area contributed by atoms with Crippen molar-refractivity contribution in [2.45, 2.75) is 0 Å². The summed E-state index contributed by atoms with van der Waals surface area (Å²) in [6.45, 7) is 3.23. The summed E-state index contributed by atoms with van der Waals surface area (Å²) < 4.78 is 0. The molecule has 0 spiro atoms. The fraction of sp³-hybridized carbons (Fsp3) is 0.286. The summed E-state index contributed by atoms with van der Waals surface area (Å²) in [7, 11) is 0. The fourth-order valence-electron chi connectivity index (χ4n) is 2.27. The van der Waals surface area contributed by atoms with Crippen molar-refractivity contribution in [1.29, 1.82) is 0 Å². The van der Waals surface area contributed by atoms with E-state index in [0.29, 0.717) is 5.95 Å². The van der Waals surface area contributed by atoms with Crippen molar-refractivity contribution in [3.05, 3.63) is 42.4 Å². The largest absolute Gasteiger partial charge is 0.478 e. The predicted molar refractivity (Wildman–Crippen MR) is 77.7 cm³/mol. The highest BCUT2D eigenvalue weighted by atomic mass is 16.4. The molecular formula is C14H15N5O2. The van der Waals surface area contributed by atoms with Crippen LogP contribution in [0.15, 0.2) is 36.8 Å². The van der Waals surface area contributed by atoms with Gasteiger partial charge in [-0.3, -0.25) is 0 Å². The Labute approximate surface area is 121 Å². The Hall–Kier alpha value is -2.70. The zero-order valence-corrected chi connectivity index (χ0v) is 11.4. The lowest BCUT2D eigenvalue weighted by molar-refractivity contribution is 0.0696. The van der Waals surface area contributed by atoms with Crippen LogP contribution in [0.1, 0.15) is 10.4 Å². The first kappa shape index (κ1) is 13.3. The Morgan fingerprint density at radius 2 is 1.67 bits per heavy atom. The number of rotatable bonds is 3. The van der Waals surface area contributed by atoms with E-state index >= 15 is 0 Å². The van der Waals surface area contributed by atoms with Crippen LogP contribution in [0.25, 0.3) is 0 Å². The number of hydrogen-bond donors (Lipinski definition) is 1. The Bertz CT molecular complexity index is 609. The van der Waals surface area contributed by atoms with Gasteiger partial charge in [-0.15, -0.1) is 0 Å². The Balaban J connectivity index is 1.64. The standard InChI is InChI=1S/C14H15N5O2/c20-13(21)11-9-16-14(17-10-11)19-7-5-18(6-8-19)12-3-1-2-4-15-12/h1-4,9-10H,5-8H2,(H,20,21). The summed E-state index contributed by atoms with van der Waals surface area (Å²) in [5.41, 5.74) is 0.103. The van der Waals surface area contributed by atoms with Crippen molar-refractivity contribution >= 4 is 17.7 Å². The fourth-order valence-corrected chi connectivity index (χ4v) is 2.27. The van der Waals surface area contributed by atoms with E-state index in [0.717, 1.165) is 32.0 Å². The predicted octanol–water partition coefficient (Wildman–Crippen LogP) is 0.896. The summed E-state index contributed by atoms with van der Waals surface area (Å²) >= 11 is 0. The normalized spacial score (nSPS) is 15.0. The molecule has 0 unspecified atom stereocenters. The molecule has 0 aliphatic carbocycles. The average molecular weight is 285 g/mol. The van der Waals surface area contributed by atoms with Gasteiger partial charge >= 0.3 is 5.97 Å². The lowest BCUT2D eigenvalue weighted by atomic mass is 10.3. The minimum atomic E-state index is -1.01. The van der Waals surface area contributed by atoms with Crippen molar-refractivity contribution in [2.24, 2.45) is 0 Å². The van der Waals surface area contributed by atoms with Crippen LogP contribution in [0.2, 0.25) is 0 Å². The molecule has 1 aliphatic rings. The Morgan fingerprint density at radius 3 is 2.24 bits per heavy atom. The molecule has 1 saturated heterocycles. The van der Waals surface area contributed by atoms with Crippen LogP contribution in [0.5, 0.6) is 0 Å². The van der Waals surface area contributed by atoms with Crippen molar-refractivity contribution in [1.82, 2.24) is 15.0 Å². The van der Waals surface area contributed by atoms with Crippen LogP contribution in [0.3, 0.4) is 0 Å². The summed E-state index contributed by atoms with van der Waals surface area (Å²) in [5, 5.41) is 8.84. The first-order valence-corrected chi connectivity index (χ1v) is 6.70. The first-order valence-electron chi connectivity index (χ1n) is 6.70. The molecule has 0 bridgehead atoms. The molecule has 0 radical (unpaired) electrons. The van der Waals surface area contributed by atoms with E-state index < -0.39 is 5.97 Å². The summed E-state index contributed by atoms with van der Waals surface area (Å²) in [6.07, 6.45) is 4.47. The zero-order valence-electron chi connectivity index (χ0n) is 11.4. The zero-order chi connectivity index (χ0) is 14.7. The van der Waals surface area contributed by atoms with Gasteiger partial charge in [0, 0.05) is 44.8 Å². The van der Waals surface area contributed by atoms with Crippen LogP contribution >= 0.6 is 0 Å². The second-order valence-electron chi connectivity index (χ2n) is 4.74. The van der Waals surface area contributed by atoms with Gasteiger partial charge in [-0.2, -0.15) is 0 Å². The van der Waals surface area contributed by atoms with Gasteiger partial charge in [-0.05, 0) is 12.1 Å². The number of aromatic nitrogens is 3. The van der Waals surface area contributed by atoms with Gasteiger partial charge in [0.05, 0.1) is 5.56 Å². The molecule has 1 aliphatic heterocycles. The third kappa shape index (κ3) is 2.91. The maximum atomic E-state index is 10.8. The van der Waals surface area contributed by atoms with Crippen molar-refractivity contribution < 1.29 is 9.90 Å². The number of carbonyl (C=O) groups is 1. The molecule has 1 N–H and O–H groups in total. The van der Waals surface area contributed by atoms with Crippen LogP contribution in [-0.4, -0.2) is 52.2 Å². The third-order valence-electron chi connectivity index (χ3n) is 3.42. The monoisotopic (exact) mass is 285 g/mol. The van der Waals surface area contributed by atoms with E-state index in [-0.39, 0.29) is 5.56 Å². The topological polar surface area (TPSA) is 82.5 Å². The minimum Gasteiger partial charge on any atom is -0.478 e. The lowest BCUT2D eigenvalue weighted by Crippen LogP contribution is -2.47. The summed E-state index contributed by atoms with van der Waals surface area (Å²) in [6, 6.07) is 5.87. The van der Waals surface area contributed by atoms with Crippen LogP contribution < -0.4 is 9.80 Å². The second-order valence-corrected chi connectivity index (χ2v) is 4.74. The number of carboxylic acids is 1. The molecule has 0 saturated carbocycles. The molecule has 0 amide bonds. The molecular weight excluding hydrogens is 270 g/mol. The number of piperazine rings is 1. The number of anilines is 2. The van der Waals surface area contributed by atoms with E-state index in [1.165, 1.54) is 12.4 Å².